The Morgan fingerprint density at radius 3 is 1.97 bits per heavy atom. The van der Waals surface area contributed by atoms with Crippen molar-refractivity contribution in [2.75, 3.05) is 17.2 Å². The number of benzene rings is 3. The standard InChI is InChI=1S/C24H22N2O5/c1-2-30-24(29)26-21-14-12-19(13-15-21)23(28)31-16-17-8-10-18(11-9-17)22(27)25-20-6-4-3-5-7-20/h3-15H,2,16H2,1H3,(H,25,27)(H,26,29). The van der Waals surface area contributed by atoms with Crippen molar-refractivity contribution >= 4 is 29.3 Å². The molecular weight excluding hydrogens is 396 g/mol. The molecule has 0 bridgehead atoms. The average Bonchev–Trinajstić information content (AvgIpc) is 2.79. The normalized spacial score (nSPS) is 10.1. The minimum Gasteiger partial charge on any atom is -0.457 e. The summed E-state index contributed by atoms with van der Waals surface area (Å²) in [5.74, 6) is -0.708. The van der Waals surface area contributed by atoms with E-state index in [2.05, 4.69) is 10.6 Å². The number of carbonyl (C=O) groups excluding carboxylic acids is 3. The van der Waals surface area contributed by atoms with Gasteiger partial charge in [0, 0.05) is 16.9 Å². The maximum atomic E-state index is 12.3. The summed E-state index contributed by atoms with van der Waals surface area (Å²) in [5, 5.41) is 5.36. The first-order valence-corrected chi connectivity index (χ1v) is 9.71. The molecule has 158 valence electrons. The molecule has 0 heterocycles. The summed E-state index contributed by atoms with van der Waals surface area (Å²) in [6, 6.07) is 22.3. The first-order valence-electron chi connectivity index (χ1n) is 9.71. The van der Waals surface area contributed by atoms with E-state index in [1.54, 1.807) is 55.5 Å². The number of esters is 1. The van der Waals surface area contributed by atoms with Gasteiger partial charge >= 0.3 is 12.1 Å². The third-order valence-electron chi connectivity index (χ3n) is 4.26. The molecule has 3 aromatic carbocycles. The molecule has 2 amide bonds. The largest absolute Gasteiger partial charge is 0.457 e. The summed E-state index contributed by atoms with van der Waals surface area (Å²) < 4.78 is 10.1. The Hall–Kier alpha value is -4.13. The first-order chi connectivity index (χ1) is 15.0. The van der Waals surface area contributed by atoms with Crippen LogP contribution in [0.2, 0.25) is 0 Å². The van der Waals surface area contributed by atoms with Gasteiger partial charge in [0.15, 0.2) is 0 Å². The fourth-order valence-corrected chi connectivity index (χ4v) is 2.68. The van der Waals surface area contributed by atoms with Gasteiger partial charge in [-0.15, -0.1) is 0 Å². The SMILES string of the molecule is CCOC(=O)Nc1ccc(C(=O)OCc2ccc(C(=O)Nc3ccccc3)cc2)cc1. The summed E-state index contributed by atoms with van der Waals surface area (Å²) in [4.78, 5) is 35.9. The summed E-state index contributed by atoms with van der Waals surface area (Å²) in [7, 11) is 0. The van der Waals surface area contributed by atoms with E-state index < -0.39 is 12.1 Å². The first kappa shape index (κ1) is 21.6. The van der Waals surface area contributed by atoms with Gasteiger partial charge < -0.3 is 14.8 Å². The van der Waals surface area contributed by atoms with Crippen molar-refractivity contribution < 1.29 is 23.9 Å². The molecule has 0 aromatic heterocycles. The molecule has 3 rings (SSSR count). The van der Waals surface area contributed by atoms with Crippen molar-refractivity contribution in [3.05, 3.63) is 95.6 Å². The number of amides is 2. The third kappa shape index (κ3) is 6.43. The average molecular weight is 418 g/mol. The van der Waals surface area contributed by atoms with Crippen LogP contribution < -0.4 is 10.6 Å². The van der Waals surface area contributed by atoms with Gasteiger partial charge in [0.2, 0.25) is 0 Å². The van der Waals surface area contributed by atoms with Crippen LogP contribution in [0, 0.1) is 0 Å². The molecule has 0 unspecified atom stereocenters. The molecule has 3 aromatic rings. The summed E-state index contributed by atoms with van der Waals surface area (Å²) in [5.41, 5.74) is 2.84. The monoisotopic (exact) mass is 418 g/mol. The Balaban J connectivity index is 1.51. The predicted octanol–water partition coefficient (Wildman–Crippen LogP) is 4.86. The second-order valence-corrected chi connectivity index (χ2v) is 6.52. The van der Waals surface area contributed by atoms with E-state index in [4.69, 9.17) is 9.47 Å². The molecule has 0 aliphatic carbocycles. The lowest BCUT2D eigenvalue weighted by atomic mass is 10.1. The number of carbonyl (C=O) groups is 3. The van der Waals surface area contributed by atoms with E-state index in [9.17, 15) is 14.4 Å². The Labute approximate surface area is 180 Å². The molecule has 0 fully saturated rings. The summed E-state index contributed by atoms with van der Waals surface area (Å²) in [6.07, 6.45) is -0.557. The molecule has 0 saturated heterocycles. The quantitative estimate of drug-likeness (QED) is 0.534. The van der Waals surface area contributed by atoms with Crippen LogP contribution in [-0.4, -0.2) is 24.6 Å². The lowest BCUT2D eigenvalue weighted by Gasteiger charge is -2.08. The minimum atomic E-state index is -0.557. The molecule has 0 atom stereocenters. The van der Waals surface area contributed by atoms with Crippen LogP contribution in [0.5, 0.6) is 0 Å². The zero-order valence-corrected chi connectivity index (χ0v) is 17.0. The van der Waals surface area contributed by atoms with Crippen LogP contribution in [0.25, 0.3) is 0 Å². The smallest absolute Gasteiger partial charge is 0.411 e. The van der Waals surface area contributed by atoms with Gasteiger partial charge in [-0.1, -0.05) is 30.3 Å². The number of rotatable bonds is 7. The maximum Gasteiger partial charge on any atom is 0.411 e. The lowest BCUT2D eigenvalue weighted by Crippen LogP contribution is -2.13. The topological polar surface area (TPSA) is 93.7 Å². The fraction of sp³-hybridized carbons (Fsp3) is 0.125. The number of nitrogens with one attached hydrogen (secondary N) is 2. The second-order valence-electron chi connectivity index (χ2n) is 6.52. The van der Waals surface area contributed by atoms with E-state index >= 15 is 0 Å². The molecule has 0 aliphatic rings. The number of anilines is 2. The predicted molar refractivity (Wildman–Crippen MR) is 117 cm³/mol. The second kappa shape index (κ2) is 10.6. The highest BCUT2D eigenvalue weighted by Gasteiger charge is 2.10. The van der Waals surface area contributed by atoms with E-state index in [-0.39, 0.29) is 19.1 Å². The lowest BCUT2D eigenvalue weighted by molar-refractivity contribution is 0.0472. The van der Waals surface area contributed by atoms with E-state index in [1.807, 2.05) is 30.3 Å². The third-order valence-corrected chi connectivity index (χ3v) is 4.26. The van der Waals surface area contributed by atoms with Gasteiger partial charge in [-0.05, 0) is 61.0 Å². The fourth-order valence-electron chi connectivity index (χ4n) is 2.68. The highest BCUT2D eigenvalue weighted by molar-refractivity contribution is 6.04. The maximum absolute atomic E-state index is 12.3. The number of para-hydroxylation sites is 1. The van der Waals surface area contributed by atoms with Crippen molar-refractivity contribution in [3.63, 3.8) is 0 Å². The zero-order chi connectivity index (χ0) is 22.1. The molecule has 7 heteroatoms. The van der Waals surface area contributed by atoms with Gasteiger partial charge in [-0.2, -0.15) is 0 Å². The Morgan fingerprint density at radius 1 is 0.710 bits per heavy atom. The Bertz CT molecular complexity index is 1030. The van der Waals surface area contributed by atoms with Crippen molar-refractivity contribution in [2.45, 2.75) is 13.5 Å². The van der Waals surface area contributed by atoms with Gasteiger partial charge in [-0.3, -0.25) is 10.1 Å². The number of hydrogen-bond acceptors (Lipinski definition) is 5. The zero-order valence-electron chi connectivity index (χ0n) is 17.0. The van der Waals surface area contributed by atoms with Crippen molar-refractivity contribution in [3.8, 4) is 0 Å². The van der Waals surface area contributed by atoms with E-state index in [0.29, 0.717) is 22.5 Å². The minimum absolute atomic E-state index is 0.0717. The van der Waals surface area contributed by atoms with E-state index in [1.165, 1.54) is 0 Å². The van der Waals surface area contributed by atoms with Crippen LogP contribution in [0.15, 0.2) is 78.9 Å². The molecule has 0 saturated carbocycles. The summed E-state index contributed by atoms with van der Waals surface area (Å²) in [6.45, 7) is 2.06. The number of ether oxygens (including phenoxy) is 2. The molecule has 0 aliphatic heterocycles. The molecule has 2 N–H and O–H groups in total. The molecule has 31 heavy (non-hydrogen) atoms. The van der Waals surface area contributed by atoms with Crippen LogP contribution in [0.4, 0.5) is 16.2 Å². The Kier molecular flexibility index (Phi) is 7.37. The van der Waals surface area contributed by atoms with Gasteiger partial charge in [-0.25, -0.2) is 9.59 Å². The van der Waals surface area contributed by atoms with Crippen LogP contribution in [0.3, 0.4) is 0 Å². The van der Waals surface area contributed by atoms with Crippen LogP contribution in [-0.2, 0) is 16.1 Å². The van der Waals surface area contributed by atoms with Crippen molar-refractivity contribution in [1.82, 2.24) is 0 Å². The molecular formula is C24H22N2O5. The molecule has 0 spiro atoms. The highest BCUT2D eigenvalue weighted by Crippen LogP contribution is 2.14. The summed E-state index contributed by atoms with van der Waals surface area (Å²) >= 11 is 0. The van der Waals surface area contributed by atoms with Crippen LogP contribution in [0.1, 0.15) is 33.2 Å². The molecule has 7 nitrogen and oxygen atoms in total. The van der Waals surface area contributed by atoms with E-state index in [0.717, 1.165) is 5.56 Å². The highest BCUT2D eigenvalue weighted by atomic mass is 16.5. The Morgan fingerprint density at radius 2 is 1.32 bits per heavy atom. The van der Waals surface area contributed by atoms with Gasteiger partial charge in [0.1, 0.15) is 6.61 Å². The van der Waals surface area contributed by atoms with Crippen LogP contribution >= 0.6 is 0 Å². The van der Waals surface area contributed by atoms with Gasteiger partial charge in [0.05, 0.1) is 12.2 Å². The molecule has 0 radical (unpaired) electrons. The number of hydrogen-bond donors (Lipinski definition) is 2. The van der Waals surface area contributed by atoms with Crippen molar-refractivity contribution in [1.29, 1.82) is 0 Å². The van der Waals surface area contributed by atoms with Gasteiger partial charge in [0.25, 0.3) is 5.91 Å². The van der Waals surface area contributed by atoms with Crippen molar-refractivity contribution in [2.24, 2.45) is 0 Å².